The third kappa shape index (κ3) is 5.85. The molecule has 0 saturated carbocycles. The number of nitrogens with zero attached hydrogens (tertiary/aromatic N) is 1. The van der Waals surface area contributed by atoms with Crippen molar-refractivity contribution >= 4 is 12.1 Å². The van der Waals surface area contributed by atoms with Crippen LogP contribution in [0.4, 0.5) is 4.79 Å². The predicted molar refractivity (Wildman–Crippen MR) is 80.3 cm³/mol. The van der Waals surface area contributed by atoms with Gasteiger partial charge in [-0.15, -0.1) is 0 Å². The third-order valence-electron chi connectivity index (χ3n) is 2.96. The highest BCUT2D eigenvalue weighted by molar-refractivity contribution is 5.76. The first kappa shape index (κ1) is 17.0. The number of hydrogen-bond acceptors (Lipinski definition) is 3. The van der Waals surface area contributed by atoms with Crippen molar-refractivity contribution in [2.24, 2.45) is 0 Å². The molecule has 1 aromatic rings. The summed E-state index contributed by atoms with van der Waals surface area (Å²) in [6.07, 6.45) is -0.102. The van der Waals surface area contributed by atoms with Crippen LogP contribution in [-0.4, -0.2) is 41.3 Å². The lowest BCUT2D eigenvalue weighted by Gasteiger charge is -2.25. The Morgan fingerprint density at radius 1 is 1.24 bits per heavy atom. The summed E-state index contributed by atoms with van der Waals surface area (Å²) in [6, 6.07) is 9.03. The summed E-state index contributed by atoms with van der Waals surface area (Å²) < 4.78 is 5.24. The number of rotatable bonds is 5. The maximum Gasteiger partial charge on any atom is 0.410 e. The molecule has 1 aromatic carbocycles. The van der Waals surface area contributed by atoms with Gasteiger partial charge in [0.15, 0.2) is 0 Å². The van der Waals surface area contributed by atoms with Gasteiger partial charge in [0.2, 0.25) is 0 Å². The summed E-state index contributed by atoms with van der Waals surface area (Å²) in [5.74, 6) is -1.52. The molecule has 1 N–H and O–H groups in total. The Kier molecular flexibility index (Phi) is 5.76. The van der Waals surface area contributed by atoms with Gasteiger partial charge in [-0.1, -0.05) is 30.3 Å². The molecule has 0 aliphatic rings. The number of aliphatic carboxylic acids is 1. The lowest BCUT2D eigenvalue weighted by molar-refractivity contribution is -0.139. The van der Waals surface area contributed by atoms with Gasteiger partial charge >= 0.3 is 12.1 Å². The Morgan fingerprint density at radius 3 is 2.29 bits per heavy atom. The molecule has 0 radical (unpaired) electrons. The van der Waals surface area contributed by atoms with Crippen molar-refractivity contribution in [3.8, 4) is 0 Å². The van der Waals surface area contributed by atoms with E-state index in [0.717, 1.165) is 5.56 Å². The maximum atomic E-state index is 11.8. The van der Waals surface area contributed by atoms with Gasteiger partial charge in [-0.2, -0.15) is 0 Å². The summed E-state index contributed by atoms with van der Waals surface area (Å²) in [6.45, 7) is 5.70. The van der Waals surface area contributed by atoms with Crippen molar-refractivity contribution in [3.05, 3.63) is 35.9 Å². The number of amides is 1. The minimum Gasteiger partial charge on any atom is -0.481 e. The lowest BCUT2D eigenvalue weighted by atomic mass is 9.96. The molecule has 0 aromatic heterocycles. The van der Waals surface area contributed by atoms with Gasteiger partial charge in [0.05, 0.1) is 5.92 Å². The van der Waals surface area contributed by atoms with Crippen LogP contribution < -0.4 is 0 Å². The molecule has 0 aliphatic heterocycles. The van der Waals surface area contributed by atoms with Crippen LogP contribution in [0.2, 0.25) is 0 Å². The van der Waals surface area contributed by atoms with Crippen molar-refractivity contribution in [3.63, 3.8) is 0 Å². The number of carboxylic acids is 1. The first-order chi connectivity index (χ1) is 9.70. The smallest absolute Gasteiger partial charge is 0.410 e. The highest BCUT2D eigenvalue weighted by atomic mass is 16.6. The highest BCUT2D eigenvalue weighted by Crippen LogP contribution is 2.20. The lowest BCUT2D eigenvalue weighted by Crippen LogP contribution is -2.35. The predicted octanol–water partition coefficient (Wildman–Crippen LogP) is 3.11. The molecule has 1 atom stereocenters. The minimum atomic E-state index is -0.890. The Bertz CT molecular complexity index is 479. The minimum absolute atomic E-state index is 0.320. The molecule has 0 heterocycles. The molecule has 5 nitrogen and oxygen atoms in total. The van der Waals surface area contributed by atoms with Crippen LogP contribution in [0.5, 0.6) is 0 Å². The SMILES string of the molecule is CN(CCC(C(=O)O)c1ccccc1)C(=O)OC(C)(C)C. The van der Waals surface area contributed by atoms with Gasteiger partial charge in [0, 0.05) is 13.6 Å². The standard InChI is InChI=1S/C16H23NO4/c1-16(2,3)21-15(20)17(4)11-10-13(14(18)19)12-8-6-5-7-9-12/h5-9,13H,10-11H2,1-4H3,(H,18,19). The number of ether oxygens (including phenoxy) is 1. The molecule has 5 heteroatoms. The maximum absolute atomic E-state index is 11.8. The van der Waals surface area contributed by atoms with Gasteiger partial charge in [0.1, 0.15) is 5.60 Å². The van der Waals surface area contributed by atoms with Crippen LogP contribution in [0.3, 0.4) is 0 Å². The summed E-state index contributed by atoms with van der Waals surface area (Å²) in [7, 11) is 1.61. The average molecular weight is 293 g/mol. The Morgan fingerprint density at radius 2 is 1.81 bits per heavy atom. The van der Waals surface area contributed by atoms with Crippen LogP contribution in [0, 0.1) is 0 Å². The Labute approximate surface area is 125 Å². The zero-order chi connectivity index (χ0) is 16.0. The van der Waals surface area contributed by atoms with Crippen LogP contribution in [0.25, 0.3) is 0 Å². The molecule has 0 fully saturated rings. The van der Waals surface area contributed by atoms with Crippen LogP contribution in [0.15, 0.2) is 30.3 Å². The second kappa shape index (κ2) is 7.11. The van der Waals surface area contributed by atoms with Gasteiger partial charge in [-0.25, -0.2) is 4.79 Å². The van der Waals surface area contributed by atoms with Gasteiger partial charge in [-0.05, 0) is 32.8 Å². The van der Waals surface area contributed by atoms with Crippen molar-refractivity contribution in [1.29, 1.82) is 0 Å². The number of carbonyl (C=O) groups is 2. The number of hydrogen-bond donors (Lipinski definition) is 1. The number of carbonyl (C=O) groups excluding carboxylic acids is 1. The molecule has 1 rings (SSSR count). The quantitative estimate of drug-likeness (QED) is 0.905. The second-order valence-electron chi connectivity index (χ2n) is 5.99. The van der Waals surface area contributed by atoms with Crippen LogP contribution in [0.1, 0.15) is 38.7 Å². The van der Waals surface area contributed by atoms with Gasteiger partial charge in [0.25, 0.3) is 0 Å². The average Bonchev–Trinajstić information content (AvgIpc) is 2.37. The molecule has 21 heavy (non-hydrogen) atoms. The monoisotopic (exact) mass is 293 g/mol. The van der Waals surface area contributed by atoms with E-state index in [1.165, 1.54) is 4.90 Å². The van der Waals surface area contributed by atoms with Gasteiger partial charge < -0.3 is 14.7 Å². The summed E-state index contributed by atoms with van der Waals surface area (Å²) in [5, 5.41) is 9.33. The molecule has 0 saturated heterocycles. The van der Waals surface area contributed by atoms with E-state index in [4.69, 9.17) is 4.74 Å². The highest BCUT2D eigenvalue weighted by Gasteiger charge is 2.23. The van der Waals surface area contributed by atoms with E-state index in [9.17, 15) is 14.7 Å². The Hall–Kier alpha value is -2.04. The molecule has 1 amide bonds. The third-order valence-corrected chi connectivity index (χ3v) is 2.96. The number of carboxylic acid groups (broad SMARTS) is 1. The molecular formula is C16H23NO4. The fourth-order valence-electron chi connectivity index (χ4n) is 1.87. The largest absolute Gasteiger partial charge is 0.481 e. The molecule has 0 aliphatic carbocycles. The van der Waals surface area contributed by atoms with Crippen molar-refractivity contribution < 1.29 is 19.4 Å². The topological polar surface area (TPSA) is 66.8 Å². The van der Waals surface area contributed by atoms with E-state index in [1.54, 1.807) is 40.0 Å². The van der Waals surface area contributed by atoms with E-state index >= 15 is 0 Å². The van der Waals surface area contributed by atoms with Crippen molar-refractivity contribution in [2.45, 2.75) is 38.7 Å². The molecule has 116 valence electrons. The Balaban J connectivity index is 2.62. The number of benzene rings is 1. The van der Waals surface area contributed by atoms with Gasteiger partial charge in [-0.3, -0.25) is 4.79 Å². The van der Waals surface area contributed by atoms with Crippen molar-refractivity contribution in [1.82, 2.24) is 4.90 Å². The summed E-state index contributed by atoms with van der Waals surface area (Å²) >= 11 is 0. The van der Waals surface area contributed by atoms with Crippen molar-refractivity contribution in [2.75, 3.05) is 13.6 Å². The first-order valence-electron chi connectivity index (χ1n) is 6.92. The first-order valence-corrected chi connectivity index (χ1v) is 6.92. The fraction of sp³-hybridized carbons (Fsp3) is 0.500. The van der Waals surface area contributed by atoms with E-state index in [2.05, 4.69) is 0 Å². The summed E-state index contributed by atoms with van der Waals surface area (Å²) in [4.78, 5) is 24.6. The molecule has 0 spiro atoms. The van der Waals surface area contributed by atoms with E-state index in [-0.39, 0.29) is 0 Å². The van der Waals surface area contributed by atoms with Crippen LogP contribution >= 0.6 is 0 Å². The van der Waals surface area contributed by atoms with E-state index in [0.29, 0.717) is 13.0 Å². The molecule has 0 bridgehead atoms. The zero-order valence-corrected chi connectivity index (χ0v) is 13.0. The zero-order valence-electron chi connectivity index (χ0n) is 13.0. The summed E-state index contributed by atoms with van der Waals surface area (Å²) in [5.41, 5.74) is 0.180. The van der Waals surface area contributed by atoms with E-state index < -0.39 is 23.6 Å². The van der Waals surface area contributed by atoms with E-state index in [1.807, 2.05) is 18.2 Å². The van der Waals surface area contributed by atoms with Crippen LogP contribution in [-0.2, 0) is 9.53 Å². The fourth-order valence-corrected chi connectivity index (χ4v) is 1.87. The molecule has 1 unspecified atom stereocenters. The molecular weight excluding hydrogens is 270 g/mol. The second-order valence-corrected chi connectivity index (χ2v) is 5.99. The normalized spacial score (nSPS) is 12.6.